The lowest BCUT2D eigenvalue weighted by Crippen LogP contribution is -1.98. The van der Waals surface area contributed by atoms with Crippen molar-refractivity contribution in [3.8, 4) is 0 Å². The third kappa shape index (κ3) is 2.05. The standard InChI is InChI=1S/C7H3BrClNO3/c8-5-3-1-2-4(7(9)11)6(5)10(12)13/h1-3H. The fourth-order valence-electron chi connectivity index (χ4n) is 0.860. The highest BCUT2D eigenvalue weighted by molar-refractivity contribution is 9.10. The molecule has 0 fully saturated rings. The molecule has 0 unspecified atom stereocenters. The number of hydrogen-bond donors (Lipinski definition) is 0. The zero-order chi connectivity index (χ0) is 10.0. The van der Waals surface area contributed by atoms with Gasteiger partial charge in [-0.25, -0.2) is 0 Å². The summed E-state index contributed by atoms with van der Waals surface area (Å²) in [6.45, 7) is 0. The molecule has 4 nitrogen and oxygen atoms in total. The number of carbonyl (C=O) groups excluding carboxylic acids is 1. The monoisotopic (exact) mass is 263 g/mol. The van der Waals surface area contributed by atoms with Crippen molar-refractivity contribution in [3.63, 3.8) is 0 Å². The van der Waals surface area contributed by atoms with Gasteiger partial charge in [0.05, 0.1) is 9.40 Å². The summed E-state index contributed by atoms with van der Waals surface area (Å²) in [7, 11) is 0. The van der Waals surface area contributed by atoms with Crippen molar-refractivity contribution in [1.29, 1.82) is 0 Å². The third-order valence-electron chi connectivity index (χ3n) is 1.38. The lowest BCUT2D eigenvalue weighted by atomic mass is 10.2. The molecule has 1 rings (SSSR count). The molecule has 1 aromatic carbocycles. The predicted molar refractivity (Wildman–Crippen MR) is 51.0 cm³/mol. The van der Waals surface area contributed by atoms with E-state index in [0.717, 1.165) is 0 Å². The lowest BCUT2D eigenvalue weighted by Gasteiger charge is -1.98. The van der Waals surface area contributed by atoms with Crippen LogP contribution in [0.25, 0.3) is 0 Å². The number of rotatable bonds is 2. The molecular weight excluding hydrogens is 261 g/mol. The number of nitrogens with zero attached hydrogens (tertiary/aromatic N) is 1. The molecule has 13 heavy (non-hydrogen) atoms. The Morgan fingerprint density at radius 1 is 1.54 bits per heavy atom. The lowest BCUT2D eigenvalue weighted by molar-refractivity contribution is -0.385. The van der Waals surface area contributed by atoms with Crippen LogP contribution < -0.4 is 0 Å². The Morgan fingerprint density at radius 2 is 2.15 bits per heavy atom. The number of nitro benzene ring substituents is 1. The predicted octanol–water partition coefficient (Wildman–Crippen LogP) is 2.74. The van der Waals surface area contributed by atoms with E-state index in [2.05, 4.69) is 15.9 Å². The molecule has 68 valence electrons. The smallest absolute Gasteiger partial charge is 0.275 e. The summed E-state index contributed by atoms with van der Waals surface area (Å²) in [5.41, 5.74) is -0.413. The van der Waals surface area contributed by atoms with Crippen molar-refractivity contribution in [2.24, 2.45) is 0 Å². The van der Waals surface area contributed by atoms with E-state index in [0.29, 0.717) is 0 Å². The molecule has 0 spiro atoms. The molecule has 0 amide bonds. The second kappa shape index (κ2) is 3.85. The van der Waals surface area contributed by atoms with Gasteiger partial charge in [0.2, 0.25) is 0 Å². The van der Waals surface area contributed by atoms with Gasteiger partial charge >= 0.3 is 0 Å². The number of halogens is 2. The first-order valence-corrected chi connectivity index (χ1v) is 4.34. The first-order valence-electron chi connectivity index (χ1n) is 3.16. The highest BCUT2D eigenvalue weighted by Crippen LogP contribution is 2.29. The van der Waals surface area contributed by atoms with Gasteiger partial charge in [0.1, 0.15) is 5.56 Å². The van der Waals surface area contributed by atoms with E-state index < -0.39 is 10.2 Å². The second-order valence-corrected chi connectivity index (χ2v) is 3.36. The number of carbonyl (C=O) groups is 1. The summed E-state index contributed by atoms with van der Waals surface area (Å²) >= 11 is 8.12. The summed E-state index contributed by atoms with van der Waals surface area (Å²) in [6.07, 6.45) is 0. The van der Waals surface area contributed by atoms with E-state index in [4.69, 9.17) is 11.6 Å². The topological polar surface area (TPSA) is 60.2 Å². The maximum atomic E-state index is 10.8. The van der Waals surface area contributed by atoms with Gasteiger partial charge < -0.3 is 0 Å². The summed E-state index contributed by atoms with van der Waals surface area (Å²) in [6, 6.07) is 4.28. The van der Waals surface area contributed by atoms with Crippen molar-refractivity contribution < 1.29 is 9.72 Å². The fraction of sp³-hybridized carbons (Fsp3) is 0. The summed E-state index contributed by atoms with van der Waals surface area (Å²) in [5, 5.41) is 9.67. The Kier molecular flexibility index (Phi) is 3.00. The van der Waals surface area contributed by atoms with Crippen LogP contribution in [0.4, 0.5) is 5.69 Å². The normalized spacial score (nSPS) is 9.69. The van der Waals surface area contributed by atoms with Gasteiger partial charge in [-0.2, -0.15) is 0 Å². The Hall–Kier alpha value is -0.940. The van der Waals surface area contributed by atoms with Gasteiger partial charge in [-0.3, -0.25) is 14.9 Å². The Balaban J connectivity index is 3.43. The first-order chi connectivity index (χ1) is 6.04. The summed E-state index contributed by atoms with van der Waals surface area (Å²) in [4.78, 5) is 20.6. The van der Waals surface area contributed by atoms with Gasteiger partial charge in [-0.1, -0.05) is 6.07 Å². The molecule has 0 heterocycles. The molecular formula is C7H3BrClNO3. The Morgan fingerprint density at radius 3 is 2.54 bits per heavy atom. The maximum Gasteiger partial charge on any atom is 0.295 e. The average molecular weight is 264 g/mol. The third-order valence-corrected chi connectivity index (χ3v) is 2.22. The highest BCUT2D eigenvalue weighted by atomic mass is 79.9. The number of para-hydroxylation sites is 1. The van der Waals surface area contributed by atoms with Crippen molar-refractivity contribution >= 4 is 38.5 Å². The van der Waals surface area contributed by atoms with E-state index >= 15 is 0 Å². The molecule has 6 heteroatoms. The van der Waals surface area contributed by atoms with E-state index in [1.54, 1.807) is 0 Å². The number of hydrogen-bond acceptors (Lipinski definition) is 3. The molecule has 0 aliphatic carbocycles. The van der Waals surface area contributed by atoms with Gasteiger partial charge in [0, 0.05) is 0 Å². The average Bonchev–Trinajstić information content (AvgIpc) is 2.02. The number of nitro groups is 1. The van der Waals surface area contributed by atoms with Gasteiger partial charge in [0.15, 0.2) is 0 Å². The zero-order valence-corrected chi connectivity index (χ0v) is 8.50. The minimum atomic E-state index is -0.840. The molecule has 1 aromatic rings. The molecule has 0 radical (unpaired) electrons. The molecule has 0 N–H and O–H groups in total. The van der Waals surface area contributed by atoms with Crippen LogP contribution in [0.3, 0.4) is 0 Å². The highest BCUT2D eigenvalue weighted by Gasteiger charge is 2.21. The van der Waals surface area contributed by atoms with Crippen LogP contribution >= 0.6 is 27.5 Å². The second-order valence-electron chi connectivity index (χ2n) is 2.17. The van der Waals surface area contributed by atoms with Gasteiger partial charge in [0.25, 0.3) is 10.9 Å². The minimum absolute atomic E-state index is 0.110. The van der Waals surface area contributed by atoms with Gasteiger partial charge in [-0.15, -0.1) is 0 Å². The van der Waals surface area contributed by atoms with Crippen LogP contribution in [-0.2, 0) is 0 Å². The summed E-state index contributed by atoms with van der Waals surface area (Å²) in [5.74, 6) is 0. The molecule has 0 aliphatic heterocycles. The summed E-state index contributed by atoms with van der Waals surface area (Å²) < 4.78 is 0.240. The van der Waals surface area contributed by atoms with Gasteiger partial charge in [-0.05, 0) is 39.7 Å². The van der Waals surface area contributed by atoms with Crippen molar-refractivity contribution in [2.45, 2.75) is 0 Å². The van der Waals surface area contributed by atoms with Crippen LogP contribution in [0.1, 0.15) is 10.4 Å². The Labute approximate surface area is 86.8 Å². The van der Waals surface area contributed by atoms with E-state index in [9.17, 15) is 14.9 Å². The largest absolute Gasteiger partial charge is 0.295 e. The van der Waals surface area contributed by atoms with Crippen LogP contribution in [0.5, 0.6) is 0 Å². The van der Waals surface area contributed by atoms with Crippen molar-refractivity contribution in [1.82, 2.24) is 0 Å². The Bertz CT molecular complexity index is 380. The van der Waals surface area contributed by atoms with Crippen LogP contribution in [-0.4, -0.2) is 10.2 Å². The molecule has 0 saturated carbocycles. The molecule has 0 aromatic heterocycles. The minimum Gasteiger partial charge on any atom is -0.275 e. The maximum absolute atomic E-state index is 10.8. The fourth-order valence-corrected chi connectivity index (χ4v) is 1.52. The SMILES string of the molecule is O=C(Cl)c1cccc(Br)c1[N+](=O)[O-]. The van der Waals surface area contributed by atoms with Crippen LogP contribution in [0, 0.1) is 10.1 Å². The molecule has 0 atom stereocenters. The van der Waals surface area contributed by atoms with E-state index in [1.807, 2.05) is 0 Å². The van der Waals surface area contributed by atoms with Crippen molar-refractivity contribution in [3.05, 3.63) is 38.3 Å². The molecule has 0 bridgehead atoms. The quantitative estimate of drug-likeness (QED) is 0.469. The molecule has 0 aliphatic rings. The van der Waals surface area contributed by atoms with Crippen LogP contribution in [0.2, 0.25) is 0 Å². The molecule has 0 saturated heterocycles. The zero-order valence-electron chi connectivity index (χ0n) is 6.16. The van der Waals surface area contributed by atoms with E-state index in [-0.39, 0.29) is 15.7 Å². The number of benzene rings is 1. The van der Waals surface area contributed by atoms with E-state index in [1.165, 1.54) is 18.2 Å². The first kappa shape index (κ1) is 10.1. The van der Waals surface area contributed by atoms with Crippen LogP contribution in [0.15, 0.2) is 22.7 Å². The van der Waals surface area contributed by atoms with Crippen molar-refractivity contribution in [2.75, 3.05) is 0 Å².